The van der Waals surface area contributed by atoms with Gasteiger partial charge in [0.05, 0.1) is 0 Å². The van der Waals surface area contributed by atoms with E-state index in [0.29, 0.717) is 11.1 Å². The molecular weight excluding hydrogens is 230 g/mol. The Balaban J connectivity index is 1.55. The van der Waals surface area contributed by atoms with E-state index in [1.54, 1.807) is 6.07 Å². The number of anilines is 1. The lowest BCUT2D eigenvalue weighted by Gasteiger charge is -2.15. The van der Waals surface area contributed by atoms with E-state index in [9.17, 15) is 4.79 Å². The molecule has 2 aliphatic carbocycles. The third kappa shape index (κ3) is 1.52. The Morgan fingerprint density at radius 1 is 1.44 bits per heavy atom. The number of rotatable bonds is 4. The van der Waals surface area contributed by atoms with E-state index in [2.05, 4.69) is 20.6 Å². The van der Waals surface area contributed by atoms with Gasteiger partial charge in [0.25, 0.3) is 0 Å². The maximum Gasteiger partial charge on any atom is 0.364 e. The molecule has 2 heterocycles. The van der Waals surface area contributed by atoms with Crippen molar-refractivity contribution < 1.29 is 0 Å². The van der Waals surface area contributed by atoms with Gasteiger partial charge in [-0.25, -0.2) is 9.89 Å². The molecule has 2 saturated carbocycles. The molecule has 2 aliphatic rings. The highest BCUT2D eigenvalue weighted by Gasteiger charge is 2.53. The van der Waals surface area contributed by atoms with Crippen LogP contribution in [0.1, 0.15) is 25.7 Å². The monoisotopic (exact) mass is 245 g/mol. The van der Waals surface area contributed by atoms with Crippen molar-refractivity contribution in [3.63, 3.8) is 0 Å². The molecule has 0 saturated heterocycles. The smallest absolute Gasteiger partial charge is 0.364 e. The number of nitrogens with zero attached hydrogens (tertiary/aromatic N) is 3. The third-order valence-corrected chi connectivity index (χ3v) is 4.23. The molecule has 18 heavy (non-hydrogen) atoms. The zero-order valence-electron chi connectivity index (χ0n) is 10.0. The van der Waals surface area contributed by atoms with Gasteiger partial charge in [-0.1, -0.05) is 0 Å². The Labute approximate surface area is 103 Å². The first-order valence-electron chi connectivity index (χ1n) is 6.45. The van der Waals surface area contributed by atoms with Crippen molar-refractivity contribution in [2.24, 2.45) is 11.3 Å². The van der Waals surface area contributed by atoms with Crippen LogP contribution in [0.2, 0.25) is 0 Å². The molecule has 4 rings (SSSR count). The predicted octanol–water partition coefficient (Wildman–Crippen LogP) is 1.02. The topological polar surface area (TPSA) is 75.1 Å². The van der Waals surface area contributed by atoms with E-state index in [1.165, 1.54) is 30.2 Å². The number of nitrogens with one attached hydrogen (secondary N) is 2. The van der Waals surface area contributed by atoms with Crippen LogP contribution < -0.4 is 11.0 Å². The lowest BCUT2D eigenvalue weighted by atomic mass is 10.0. The molecule has 0 atom stereocenters. The van der Waals surface area contributed by atoms with Crippen molar-refractivity contribution >= 4 is 11.5 Å². The molecule has 6 heteroatoms. The summed E-state index contributed by atoms with van der Waals surface area (Å²) in [5.74, 6) is 1.67. The van der Waals surface area contributed by atoms with Gasteiger partial charge < -0.3 is 5.32 Å². The summed E-state index contributed by atoms with van der Waals surface area (Å²) >= 11 is 0. The summed E-state index contributed by atoms with van der Waals surface area (Å²) in [4.78, 5) is 11.4. The second-order valence-electron chi connectivity index (χ2n) is 5.51. The third-order valence-electron chi connectivity index (χ3n) is 4.23. The Hall–Kier alpha value is -1.85. The largest absolute Gasteiger partial charge is 0.368 e. The molecule has 6 nitrogen and oxygen atoms in total. The van der Waals surface area contributed by atoms with E-state index >= 15 is 0 Å². The summed E-state index contributed by atoms with van der Waals surface area (Å²) in [5, 5.41) is 13.8. The minimum atomic E-state index is -0.294. The summed E-state index contributed by atoms with van der Waals surface area (Å²) < 4.78 is 1.29. The number of aromatic nitrogens is 4. The van der Waals surface area contributed by atoms with E-state index in [-0.39, 0.29) is 5.69 Å². The second kappa shape index (κ2) is 3.34. The van der Waals surface area contributed by atoms with Crippen LogP contribution in [0.4, 0.5) is 5.82 Å². The molecule has 2 aromatic heterocycles. The SMILES string of the molecule is O=c1[nH]nc2ccc(NCC3(C4CC4)CC3)nn12. The number of hydrogen-bond acceptors (Lipinski definition) is 4. The van der Waals surface area contributed by atoms with Crippen molar-refractivity contribution in [2.75, 3.05) is 11.9 Å². The molecule has 0 amide bonds. The van der Waals surface area contributed by atoms with Crippen LogP contribution in [-0.2, 0) is 0 Å². The number of hydrogen-bond donors (Lipinski definition) is 2. The van der Waals surface area contributed by atoms with Crippen LogP contribution >= 0.6 is 0 Å². The van der Waals surface area contributed by atoms with Gasteiger partial charge in [0.1, 0.15) is 5.82 Å². The van der Waals surface area contributed by atoms with Gasteiger partial charge >= 0.3 is 5.69 Å². The summed E-state index contributed by atoms with van der Waals surface area (Å²) in [5.41, 5.74) is 0.781. The highest BCUT2D eigenvalue weighted by molar-refractivity contribution is 5.43. The van der Waals surface area contributed by atoms with Crippen molar-refractivity contribution in [1.82, 2.24) is 19.8 Å². The molecular formula is C12H15N5O. The maximum atomic E-state index is 11.4. The molecule has 2 fully saturated rings. The van der Waals surface area contributed by atoms with Crippen LogP contribution in [0.5, 0.6) is 0 Å². The van der Waals surface area contributed by atoms with E-state index in [4.69, 9.17) is 0 Å². The van der Waals surface area contributed by atoms with E-state index < -0.39 is 0 Å². The lowest BCUT2D eigenvalue weighted by molar-refractivity contribution is 0.466. The summed E-state index contributed by atoms with van der Waals surface area (Å²) in [6.07, 6.45) is 5.43. The van der Waals surface area contributed by atoms with Gasteiger partial charge in [0, 0.05) is 6.54 Å². The summed E-state index contributed by atoms with van der Waals surface area (Å²) in [7, 11) is 0. The average molecular weight is 245 g/mol. The number of H-pyrrole nitrogens is 1. The van der Waals surface area contributed by atoms with Gasteiger partial charge in [0.2, 0.25) is 0 Å². The first-order valence-corrected chi connectivity index (χ1v) is 6.45. The van der Waals surface area contributed by atoms with Gasteiger partial charge in [-0.05, 0) is 49.1 Å². The number of aromatic amines is 1. The molecule has 94 valence electrons. The van der Waals surface area contributed by atoms with Crippen LogP contribution in [0.15, 0.2) is 16.9 Å². The van der Waals surface area contributed by atoms with Gasteiger partial charge in [0.15, 0.2) is 5.65 Å². The summed E-state index contributed by atoms with van der Waals surface area (Å²) in [6.45, 7) is 0.975. The highest BCUT2D eigenvalue weighted by atomic mass is 16.2. The molecule has 0 aromatic carbocycles. The van der Waals surface area contributed by atoms with Crippen LogP contribution in [0.25, 0.3) is 5.65 Å². The van der Waals surface area contributed by atoms with Gasteiger partial charge in [-0.15, -0.1) is 5.10 Å². The predicted molar refractivity (Wildman–Crippen MR) is 66.5 cm³/mol. The van der Waals surface area contributed by atoms with E-state index in [0.717, 1.165) is 18.3 Å². The van der Waals surface area contributed by atoms with Gasteiger partial charge in [-0.3, -0.25) is 0 Å². The Bertz CT molecular complexity index is 650. The zero-order valence-corrected chi connectivity index (χ0v) is 10.0. The van der Waals surface area contributed by atoms with E-state index in [1.807, 2.05) is 6.07 Å². The van der Waals surface area contributed by atoms with Crippen molar-refractivity contribution in [1.29, 1.82) is 0 Å². The van der Waals surface area contributed by atoms with Crippen molar-refractivity contribution in [3.05, 3.63) is 22.6 Å². The fraction of sp³-hybridized carbons (Fsp3) is 0.583. The first-order chi connectivity index (χ1) is 8.77. The minimum Gasteiger partial charge on any atom is -0.368 e. The molecule has 0 bridgehead atoms. The fourth-order valence-corrected chi connectivity index (χ4v) is 2.75. The standard InChI is InChI=1S/C12H15N5O/c18-11-15-14-10-4-3-9(16-17(10)11)13-7-12(5-6-12)8-1-2-8/h3-4,8H,1-2,5-7H2,(H,13,16)(H,15,18). The molecule has 0 radical (unpaired) electrons. The Kier molecular flexibility index (Phi) is 1.87. The van der Waals surface area contributed by atoms with Gasteiger partial charge in [-0.2, -0.15) is 9.61 Å². The maximum absolute atomic E-state index is 11.4. The molecule has 2 N–H and O–H groups in total. The van der Waals surface area contributed by atoms with Crippen molar-refractivity contribution in [2.45, 2.75) is 25.7 Å². The normalized spacial score (nSPS) is 21.1. The molecule has 0 spiro atoms. The average Bonchev–Trinajstić information content (AvgIpc) is 3.26. The Morgan fingerprint density at radius 3 is 3.00 bits per heavy atom. The minimum absolute atomic E-state index is 0.294. The molecule has 0 unspecified atom stereocenters. The van der Waals surface area contributed by atoms with Crippen LogP contribution in [0, 0.1) is 11.3 Å². The lowest BCUT2D eigenvalue weighted by Crippen LogP contribution is -2.20. The van der Waals surface area contributed by atoms with Crippen LogP contribution in [-0.4, -0.2) is 26.4 Å². The number of fused-ring (bicyclic) bond motifs is 1. The molecule has 0 aliphatic heterocycles. The highest BCUT2D eigenvalue weighted by Crippen LogP contribution is 2.61. The summed E-state index contributed by atoms with van der Waals surface area (Å²) in [6, 6.07) is 3.67. The van der Waals surface area contributed by atoms with Crippen LogP contribution in [0.3, 0.4) is 0 Å². The first kappa shape index (κ1) is 10.1. The second-order valence-corrected chi connectivity index (χ2v) is 5.51. The zero-order chi connectivity index (χ0) is 12.2. The van der Waals surface area contributed by atoms with Crippen molar-refractivity contribution in [3.8, 4) is 0 Å². The molecule has 2 aromatic rings. The Morgan fingerprint density at radius 2 is 2.28 bits per heavy atom. The quantitative estimate of drug-likeness (QED) is 0.843. The fourth-order valence-electron chi connectivity index (χ4n) is 2.75.